The Balaban J connectivity index is 1.78. The van der Waals surface area contributed by atoms with Gasteiger partial charge in [-0.25, -0.2) is 4.79 Å². The smallest absolute Gasteiger partial charge is 0.410 e. The van der Waals surface area contributed by atoms with Crippen molar-refractivity contribution in [2.24, 2.45) is 0 Å². The molecule has 1 unspecified atom stereocenters. The Bertz CT molecular complexity index is 571. The van der Waals surface area contributed by atoms with E-state index in [0.29, 0.717) is 0 Å². The van der Waals surface area contributed by atoms with Gasteiger partial charge in [0.25, 0.3) is 0 Å². The maximum atomic E-state index is 12.2. The lowest BCUT2D eigenvalue weighted by Gasteiger charge is -2.27. The summed E-state index contributed by atoms with van der Waals surface area (Å²) in [4.78, 5) is 14.0. The van der Waals surface area contributed by atoms with Crippen LogP contribution in [0.3, 0.4) is 0 Å². The minimum Gasteiger partial charge on any atom is -0.444 e. The van der Waals surface area contributed by atoms with Crippen molar-refractivity contribution in [2.75, 3.05) is 13.1 Å². The van der Waals surface area contributed by atoms with Gasteiger partial charge in [-0.2, -0.15) is 0 Å². The molecule has 1 aliphatic carbocycles. The van der Waals surface area contributed by atoms with Gasteiger partial charge in [-0.15, -0.1) is 0 Å². The molecule has 0 saturated carbocycles. The van der Waals surface area contributed by atoms with Gasteiger partial charge >= 0.3 is 6.09 Å². The largest absolute Gasteiger partial charge is 0.444 e. The van der Waals surface area contributed by atoms with Crippen molar-refractivity contribution in [1.82, 2.24) is 4.90 Å². The van der Waals surface area contributed by atoms with E-state index in [9.17, 15) is 4.79 Å². The SMILES string of the molecule is CC(C)(C)OC(=O)N1CCC2(C=Cc3ccccc32)C1. The first-order valence-electron chi connectivity index (χ1n) is 7.16. The summed E-state index contributed by atoms with van der Waals surface area (Å²) in [5, 5.41) is 0. The van der Waals surface area contributed by atoms with Gasteiger partial charge in [0, 0.05) is 18.5 Å². The molecule has 1 aromatic carbocycles. The van der Waals surface area contributed by atoms with Crippen molar-refractivity contribution in [2.45, 2.75) is 38.2 Å². The molecule has 1 atom stereocenters. The fraction of sp³-hybridized carbons (Fsp3) is 0.471. The van der Waals surface area contributed by atoms with Gasteiger partial charge in [0.1, 0.15) is 5.60 Å². The molecule has 0 radical (unpaired) electrons. The van der Waals surface area contributed by atoms with Gasteiger partial charge in [-0.05, 0) is 38.3 Å². The second-order valence-electron chi connectivity index (χ2n) is 6.73. The Morgan fingerprint density at radius 1 is 1.30 bits per heavy atom. The highest BCUT2D eigenvalue weighted by Crippen LogP contribution is 2.43. The number of nitrogens with zero attached hydrogens (tertiary/aromatic N) is 1. The number of rotatable bonds is 0. The third-order valence-corrected chi connectivity index (χ3v) is 4.03. The fourth-order valence-corrected chi connectivity index (χ4v) is 3.11. The Hall–Kier alpha value is -1.77. The van der Waals surface area contributed by atoms with Gasteiger partial charge in [-0.1, -0.05) is 36.4 Å². The predicted octanol–water partition coefficient (Wildman–Crippen LogP) is 3.59. The number of hydrogen-bond acceptors (Lipinski definition) is 2. The molecular formula is C17H21NO2. The molecule has 106 valence electrons. The fourth-order valence-electron chi connectivity index (χ4n) is 3.11. The zero-order valence-electron chi connectivity index (χ0n) is 12.3. The second kappa shape index (κ2) is 4.37. The highest BCUT2D eigenvalue weighted by Gasteiger charge is 2.43. The number of ether oxygens (including phenoxy) is 1. The summed E-state index contributed by atoms with van der Waals surface area (Å²) in [6.45, 7) is 7.19. The maximum Gasteiger partial charge on any atom is 0.410 e. The van der Waals surface area contributed by atoms with Gasteiger partial charge in [0.2, 0.25) is 0 Å². The summed E-state index contributed by atoms with van der Waals surface area (Å²) in [5.74, 6) is 0. The average Bonchev–Trinajstić information content (AvgIpc) is 2.95. The van der Waals surface area contributed by atoms with Crippen molar-refractivity contribution in [3.05, 3.63) is 41.5 Å². The molecule has 3 rings (SSSR count). The molecule has 3 heteroatoms. The van der Waals surface area contributed by atoms with E-state index in [2.05, 4.69) is 36.4 Å². The van der Waals surface area contributed by atoms with Crippen LogP contribution in [0.4, 0.5) is 4.79 Å². The molecule has 20 heavy (non-hydrogen) atoms. The van der Waals surface area contributed by atoms with Crippen LogP contribution in [0, 0.1) is 0 Å². The maximum absolute atomic E-state index is 12.2. The number of likely N-dealkylation sites (tertiary alicyclic amines) is 1. The van der Waals surface area contributed by atoms with Crippen LogP contribution in [0.15, 0.2) is 30.3 Å². The predicted molar refractivity (Wildman–Crippen MR) is 79.6 cm³/mol. The average molecular weight is 271 g/mol. The molecule has 1 amide bonds. The van der Waals surface area contributed by atoms with E-state index >= 15 is 0 Å². The molecule has 0 N–H and O–H groups in total. The molecule has 1 heterocycles. The van der Waals surface area contributed by atoms with Crippen molar-refractivity contribution < 1.29 is 9.53 Å². The van der Waals surface area contributed by atoms with E-state index in [0.717, 1.165) is 19.5 Å². The van der Waals surface area contributed by atoms with Crippen molar-refractivity contribution >= 4 is 12.2 Å². The summed E-state index contributed by atoms with van der Waals surface area (Å²) < 4.78 is 5.48. The molecule has 1 spiro atoms. The van der Waals surface area contributed by atoms with Gasteiger partial charge in [0.15, 0.2) is 0 Å². The number of amides is 1. The molecule has 1 fully saturated rings. The van der Waals surface area contributed by atoms with E-state index < -0.39 is 5.60 Å². The molecule has 3 nitrogen and oxygen atoms in total. The van der Waals surface area contributed by atoms with Gasteiger partial charge in [-0.3, -0.25) is 0 Å². The van der Waals surface area contributed by atoms with E-state index in [1.807, 2.05) is 25.7 Å². The quantitative estimate of drug-likeness (QED) is 0.721. The zero-order valence-corrected chi connectivity index (χ0v) is 12.3. The number of carbonyl (C=O) groups excluding carboxylic acids is 1. The third-order valence-electron chi connectivity index (χ3n) is 4.03. The minimum absolute atomic E-state index is 0.00645. The standard InChI is InChI=1S/C17H21NO2/c1-16(2,3)20-15(19)18-11-10-17(12-18)9-8-13-6-4-5-7-14(13)17/h4-9H,10-12H2,1-3H3. The normalized spacial score (nSPS) is 24.2. The first-order valence-corrected chi connectivity index (χ1v) is 7.16. The third kappa shape index (κ3) is 2.21. The number of carbonyl (C=O) groups is 1. The number of benzene rings is 1. The lowest BCUT2D eigenvalue weighted by molar-refractivity contribution is 0.0288. The number of fused-ring (bicyclic) bond motifs is 2. The van der Waals surface area contributed by atoms with Crippen LogP contribution in [-0.2, 0) is 10.2 Å². The first kappa shape index (κ1) is 13.2. The lowest BCUT2D eigenvalue weighted by atomic mass is 9.82. The zero-order chi connectivity index (χ0) is 14.4. The highest BCUT2D eigenvalue weighted by molar-refractivity contribution is 5.71. The Labute approximate surface area is 120 Å². The molecule has 1 aromatic rings. The van der Waals surface area contributed by atoms with Crippen molar-refractivity contribution in [1.29, 1.82) is 0 Å². The molecule has 1 saturated heterocycles. The Morgan fingerprint density at radius 2 is 2.05 bits per heavy atom. The van der Waals surface area contributed by atoms with E-state index in [1.54, 1.807) is 0 Å². The second-order valence-corrected chi connectivity index (χ2v) is 6.73. The van der Waals surface area contributed by atoms with Gasteiger partial charge < -0.3 is 9.64 Å². The Morgan fingerprint density at radius 3 is 2.80 bits per heavy atom. The highest BCUT2D eigenvalue weighted by atomic mass is 16.6. The number of hydrogen-bond donors (Lipinski definition) is 0. The van der Waals surface area contributed by atoms with E-state index in [1.165, 1.54) is 11.1 Å². The van der Waals surface area contributed by atoms with Crippen LogP contribution in [-0.4, -0.2) is 29.7 Å². The molecule has 0 bridgehead atoms. The lowest BCUT2D eigenvalue weighted by Crippen LogP contribution is -2.37. The van der Waals surface area contributed by atoms with Crippen LogP contribution < -0.4 is 0 Å². The Kier molecular flexibility index (Phi) is 2.89. The van der Waals surface area contributed by atoms with Crippen LogP contribution in [0.1, 0.15) is 38.3 Å². The first-order chi connectivity index (χ1) is 9.40. The van der Waals surface area contributed by atoms with Gasteiger partial charge in [0.05, 0.1) is 0 Å². The summed E-state index contributed by atoms with van der Waals surface area (Å²) in [6.07, 6.45) is 5.20. The van der Waals surface area contributed by atoms with Crippen molar-refractivity contribution in [3.8, 4) is 0 Å². The van der Waals surface area contributed by atoms with Crippen LogP contribution in [0.25, 0.3) is 6.08 Å². The topological polar surface area (TPSA) is 29.5 Å². The van der Waals surface area contributed by atoms with Crippen LogP contribution in [0.2, 0.25) is 0 Å². The summed E-state index contributed by atoms with van der Waals surface area (Å²) >= 11 is 0. The molecular weight excluding hydrogens is 250 g/mol. The molecule has 1 aliphatic heterocycles. The van der Waals surface area contributed by atoms with E-state index in [-0.39, 0.29) is 11.5 Å². The van der Waals surface area contributed by atoms with E-state index in [4.69, 9.17) is 4.74 Å². The summed E-state index contributed by atoms with van der Waals surface area (Å²) in [7, 11) is 0. The minimum atomic E-state index is -0.434. The summed E-state index contributed by atoms with van der Waals surface area (Å²) in [6, 6.07) is 8.44. The van der Waals surface area contributed by atoms with Crippen LogP contribution >= 0.6 is 0 Å². The van der Waals surface area contributed by atoms with Crippen molar-refractivity contribution in [3.63, 3.8) is 0 Å². The molecule has 0 aromatic heterocycles. The monoisotopic (exact) mass is 271 g/mol. The molecule has 2 aliphatic rings. The summed E-state index contributed by atoms with van der Waals surface area (Å²) in [5.41, 5.74) is 2.17. The van der Waals surface area contributed by atoms with Crippen LogP contribution in [0.5, 0.6) is 0 Å².